The van der Waals surface area contributed by atoms with Crippen LogP contribution in [-0.4, -0.2) is 90.3 Å². The number of hydrogen-bond acceptors (Lipinski definition) is 5. The molecular formula is C34H41F6N3O4. The number of hydrogen-bond donors (Lipinski definition) is 0. The van der Waals surface area contributed by atoms with Crippen molar-refractivity contribution in [2.45, 2.75) is 71.1 Å². The summed E-state index contributed by atoms with van der Waals surface area (Å²) in [5, 5.41) is 0. The molecule has 2 fully saturated rings. The highest BCUT2D eigenvalue weighted by molar-refractivity contribution is 5.95. The number of nitrogens with zero attached hydrogens (tertiary/aromatic N) is 3. The zero-order chi connectivity index (χ0) is 34.7. The van der Waals surface area contributed by atoms with Gasteiger partial charge in [-0.3, -0.25) is 14.6 Å². The number of carbonyl (C=O) groups is 2. The molecule has 0 aromatic heterocycles. The van der Waals surface area contributed by atoms with E-state index in [2.05, 4.69) is 4.90 Å². The van der Waals surface area contributed by atoms with Crippen molar-refractivity contribution < 1.29 is 45.4 Å². The second-order valence-electron chi connectivity index (χ2n) is 13.1. The van der Waals surface area contributed by atoms with Crippen molar-refractivity contribution in [3.63, 3.8) is 0 Å². The summed E-state index contributed by atoms with van der Waals surface area (Å²) in [4.78, 5) is 31.5. The van der Waals surface area contributed by atoms with Crippen LogP contribution in [0.25, 0.3) is 0 Å². The summed E-state index contributed by atoms with van der Waals surface area (Å²) in [6.07, 6.45) is -6.48. The van der Waals surface area contributed by atoms with Crippen LogP contribution in [0.5, 0.6) is 0 Å². The van der Waals surface area contributed by atoms with Gasteiger partial charge in [0.05, 0.1) is 30.4 Å². The monoisotopic (exact) mass is 669 g/mol. The number of halogens is 6. The first-order chi connectivity index (χ1) is 21.8. The van der Waals surface area contributed by atoms with E-state index in [4.69, 9.17) is 9.47 Å². The number of amides is 2. The summed E-state index contributed by atoms with van der Waals surface area (Å²) in [7, 11) is 0. The fourth-order valence-corrected chi connectivity index (χ4v) is 5.67. The van der Waals surface area contributed by atoms with Crippen LogP contribution in [0.4, 0.5) is 31.1 Å². The summed E-state index contributed by atoms with van der Waals surface area (Å²) in [6, 6.07) is 5.93. The average Bonchev–Trinajstić information content (AvgIpc) is 2.97. The second kappa shape index (κ2) is 14.3. The highest BCUT2D eigenvalue weighted by Crippen LogP contribution is 2.37. The number of morpholine rings is 1. The molecule has 4 rings (SSSR count). The van der Waals surface area contributed by atoms with Crippen molar-refractivity contribution in [2.24, 2.45) is 0 Å². The molecule has 2 amide bonds. The van der Waals surface area contributed by atoms with Gasteiger partial charge in [-0.1, -0.05) is 30.4 Å². The van der Waals surface area contributed by atoms with E-state index in [0.29, 0.717) is 57.9 Å². The first-order valence-electron chi connectivity index (χ1n) is 15.4. The van der Waals surface area contributed by atoms with Gasteiger partial charge in [-0.15, -0.1) is 0 Å². The number of benzene rings is 2. The first-order valence-corrected chi connectivity index (χ1v) is 15.4. The van der Waals surface area contributed by atoms with E-state index in [9.17, 15) is 35.9 Å². The fourth-order valence-electron chi connectivity index (χ4n) is 5.67. The van der Waals surface area contributed by atoms with E-state index >= 15 is 0 Å². The van der Waals surface area contributed by atoms with E-state index in [1.54, 1.807) is 25.7 Å². The molecule has 2 heterocycles. The van der Waals surface area contributed by atoms with Gasteiger partial charge in [0.2, 0.25) is 0 Å². The lowest BCUT2D eigenvalue weighted by Crippen LogP contribution is -2.56. The van der Waals surface area contributed by atoms with Crippen molar-refractivity contribution in [3.05, 3.63) is 81.9 Å². The number of piperazine rings is 1. The van der Waals surface area contributed by atoms with Crippen LogP contribution in [0.3, 0.4) is 0 Å². The largest absolute Gasteiger partial charge is 0.444 e. The lowest BCUT2D eigenvalue weighted by molar-refractivity contribution is -0.143. The summed E-state index contributed by atoms with van der Waals surface area (Å²) in [6.45, 7) is 11.5. The number of aryl methyl sites for hydroxylation is 2. The third-order valence-corrected chi connectivity index (χ3v) is 8.22. The van der Waals surface area contributed by atoms with Crippen molar-refractivity contribution in [3.8, 4) is 0 Å². The molecule has 258 valence electrons. The van der Waals surface area contributed by atoms with E-state index in [1.807, 2.05) is 44.2 Å². The predicted molar refractivity (Wildman–Crippen MR) is 164 cm³/mol. The third kappa shape index (κ3) is 9.72. The Balaban J connectivity index is 1.56. The average molecular weight is 670 g/mol. The second-order valence-corrected chi connectivity index (χ2v) is 13.1. The van der Waals surface area contributed by atoms with Crippen molar-refractivity contribution in [1.82, 2.24) is 14.7 Å². The Bertz CT molecular complexity index is 1430. The summed E-state index contributed by atoms with van der Waals surface area (Å²) in [5.41, 5.74) is -1.41. The molecule has 0 N–H and O–H groups in total. The van der Waals surface area contributed by atoms with E-state index < -0.39 is 52.7 Å². The summed E-state index contributed by atoms with van der Waals surface area (Å²) >= 11 is 0. The van der Waals surface area contributed by atoms with Gasteiger partial charge in [0.15, 0.2) is 0 Å². The Morgan fingerprint density at radius 3 is 2.15 bits per heavy atom. The van der Waals surface area contributed by atoms with E-state index in [-0.39, 0.29) is 18.7 Å². The van der Waals surface area contributed by atoms with Crippen LogP contribution in [0, 0.1) is 13.8 Å². The highest BCUT2D eigenvalue weighted by atomic mass is 19.4. The standard InChI is InChI=1S/C34H41F6N3O4/c1-22-8-9-24(15-23(22)2)16-29-20-41(10-6-7-28-21-46-14-13-43(28)31(45)47-32(3,4)5)11-12-42(29)30(44)25-17-26(33(35,36)37)19-27(18-25)34(38,39)40/h6-9,15,17-19,28-29H,10-14,16,20-21H2,1-5H3/t28-,29-/m1/s1. The molecule has 0 unspecified atom stereocenters. The maximum Gasteiger partial charge on any atom is 0.416 e. The minimum absolute atomic E-state index is 0.0227. The van der Waals surface area contributed by atoms with Gasteiger partial charge in [0, 0.05) is 44.3 Å². The minimum Gasteiger partial charge on any atom is -0.444 e. The molecule has 0 bridgehead atoms. The Morgan fingerprint density at radius 1 is 0.894 bits per heavy atom. The topological polar surface area (TPSA) is 62.3 Å². The highest BCUT2D eigenvalue weighted by Gasteiger charge is 2.39. The van der Waals surface area contributed by atoms with Crippen molar-refractivity contribution in [2.75, 3.05) is 45.9 Å². The quantitative estimate of drug-likeness (QED) is 0.248. The van der Waals surface area contributed by atoms with Crippen LogP contribution in [0.15, 0.2) is 48.6 Å². The van der Waals surface area contributed by atoms with Crippen LogP contribution >= 0.6 is 0 Å². The van der Waals surface area contributed by atoms with Gasteiger partial charge >= 0.3 is 18.4 Å². The number of carbonyl (C=O) groups excluding carboxylic acids is 2. The Labute approximate surface area is 271 Å². The van der Waals surface area contributed by atoms with Crippen LogP contribution in [0.2, 0.25) is 0 Å². The smallest absolute Gasteiger partial charge is 0.416 e. The molecule has 0 radical (unpaired) electrons. The molecule has 2 aliphatic rings. The molecule has 0 aliphatic carbocycles. The lowest BCUT2D eigenvalue weighted by Gasteiger charge is -2.41. The van der Waals surface area contributed by atoms with E-state index in [1.165, 1.54) is 4.90 Å². The Hall–Kier alpha value is -3.58. The number of ether oxygens (including phenoxy) is 2. The summed E-state index contributed by atoms with van der Waals surface area (Å²) < 4.78 is 92.6. The van der Waals surface area contributed by atoms with Crippen LogP contribution in [0.1, 0.15) is 58.9 Å². The zero-order valence-corrected chi connectivity index (χ0v) is 27.2. The molecule has 2 aromatic carbocycles. The summed E-state index contributed by atoms with van der Waals surface area (Å²) in [5.74, 6) is -0.891. The van der Waals surface area contributed by atoms with Gasteiger partial charge in [-0.25, -0.2) is 4.79 Å². The van der Waals surface area contributed by atoms with Gasteiger partial charge < -0.3 is 14.4 Å². The zero-order valence-electron chi connectivity index (χ0n) is 27.2. The molecule has 2 atom stereocenters. The molecular weight excluding hydrogens is 628 g/mol. The number of rotatable bonds is 6. The SMILES string of the molecule is Cc1ccc(C[C@@H]2CN(CC=C[C@@H]3COCCN3C(=O)OC(C)(C)C)CCN2C(=O)c2cc(C(F)(F)F)cc(C(F)(F)F)c2)cc1C. The molecule has 0 saturated carbocycles. The fraction of sp³-hybridized carbons (Fsp3) is 0.529. The van der Waals surface area contributed by atoms with Crippen LogP contribution in [-0.2, 0) is 28.2 Å². The van der Waals surface area contributed by atoms with Gasteiger partial charge in [-0.2, -0.15) is 26.3 Å². The lowest BCUT2D eigenvalue weighted by atomic mass is 9.97. The molecule has 2 aliphatic heterocycles. The van der Waals surface area contributed by atoms with Crippen molar-refractivity contribution in [1.29, 1.82) is 0 Å². The molecule has 2 saturated heterocycles. The minimum atomic E-state index is -5.07. The van der Waals surface area contributed by atoms with Crippen molar-refractivity contribution >= 4 is 12.0 Å². The molecule has 0 spiro atoms. The maximum absolute atomic E-state index is 13.7. The van der Waals surface area contributed by atoms with Crippen LogP contribution < -0.4 is 0 Å². The third-order valence-electron chi connectivity index (χ3n) is 8.22. The normalized spacial score (nSPS) is 20.1. The molecule has 2 aromatic rings. The Morgan fingerprint density at radius 2 is 1.55 bits per heavy atom. The van der Waals surface area contributed by atoms with Gasteiger partial charge in [-0.05, 0) is 75.9 Å². The molecule has 47 heavy (non-hydrogen) atoms. The predicted octanol–water partition coefficient (Wildman–Crippen LogP) is 6.90. The van der Waals surface area contributed by atoms with E-state index in [0.717, 1.165) is 16.7 Å². The van der Waals surface area contributed by atoms with Gasteiger partial charge in [0.25, 0.3) is 5.91 Å². The molecule has 13 heteroatoms. The molecule has 7 nitrogen and oxygen atoms in total. The Kier molecular flexibility index (Phi) is 11.0. The maximum atomic E-state index is 13.7. The van der Waals surface area contributed by atoms with Gasteiger partial charge in [0.1, 0.15) is 5.60 Å². The number of alkyl halides is 6. The first kappa shape index (κ1) is 36.3.